The Kier molecular flexibility index (Phi) is 3.77. The van der Waals surface area contributed by atoms with Crippen LogP contribution in [0.3, 0.4) is 0 Å². The molecule has 0 amide bonds. The molecule has 0 aliphatic heterocycles. The Hall–Kier alpha value is -0.570. The lowest BCUT2D eigenvalue weighted by Crippen LogP contribution is -2.39. The van der Waals surface area contributed by atoms with Gasteiger partial charge in [-0.15, -0.1) is 0 Å². The van der Waals surface area contributed by atoms with Crippen LogP contribution in [0.4, 0.5) is 0 Å². The van der Waals surface area contributed by atoms with Gasteiger partial charge in [-0.25, -0.2) is 0 Å². The van der Waals surface area contributed by atoms with Gasteiger partial charge >= 0.3 is 5.97 Å². The molecule has 0 bridgehead atoms. The highest BCUT2D eigenvalue weighted by Gasteiger charge is 2.44. The van der Waals surface area contributed by atoms with Crippen LogP contribution >= 0.6 is 0 Å². The molecule has 1 rings (SSSR count). The maximum atomic E-state index is 11.3. The number of rotatable bonds is 5. The van der Waals surface area contributed by atoms with E-state index in [-0.39, 0.29) is 0 Å². The number of aliphatic carboxylic acids is 1. The van der Waals surface area contributed by atoms with Crippen LogP contribution in [-0.4, -0.2) is 21.8 Å². The minimum Gasteiger partial charge on any atom is -0.481 e. The fourth-order valence-corrected chi connectivity index (χ4v) is 2.72. The average Bonchev–Trinajstić information content (AvgIpc) is 2.61. The number of carboxylic acids is 1. The Labute approximate surface area is 91.5 Å². The smallest absolute Gasteiger partial charge is 0.309 e. The van der Waals surface area contributed by atoms with E-state index in [1.807, 2.05) is 13.8 Å². The van der Waals surface area contributed by atoms with Gasteiger partial charge in [0.1, 0.15) is 0 Å². The normalized spacial score (nSPS) is 20.5. The third-order valence-corrected chi connectivity index (χ3v) is 4.01. The summed E-state index contributed by atoms with van der Waals surface area (Å²) in [6.45, 7) is 3.80. The molecule has 1 aliphatic rings. The largest absolute Gasteiger partial charge is 0.481 e. The first-order chi connectivity index (χ1) is 6.98. The van der Waals surface area contributed by atoms with Gasteiger partial charge in [0.05, 0.1) is 11.0 Å². The molecule has 3 heteroatoms. The molecule has 3 nitrogen and oxygen atoms in total. The number of hydrogen-bond acceptors (Lipinski definition) is 2. The molecule has 1 saturated carbocycles. The van der Waals surface area contributed by atoms with E-state index >= 15 is 0 Å². The highest BCUT2D eigenvalue weighted by Crippen LogP contribution is 2.43. The molecular formula is C12H22O3. The van der Waals surface area contributed by atoms with E-state index in [4.69, 9.17) is 0 Å². The van der Waals surface area contributed by atoms with Crippen LogP contribution < -0.4 is 0 Å². The van der Waals surface area contributed by atoms with Crippen LogP contribution in [0.25, 0.3) is 0 Å². The van der Waals surface area contributed by atoms with Crippen LogP contribution in [0.2, 0.25) is 0 Å². The Morgan fingerprint density at radius 2 is 1.73 bits per heavy atom. The summed E-state index contributed by atoms with van der Waals surface area (Å²) >= 11 is 0. The SMILES string of the molecule is CCC(CC)(CC1(O)CCCC1)C(=O)O. The molecule has 0 unspecified atom stereocenters. The lowest BCUT2D eigenvalue weighted by Gasteiger charge is -2.34. The van der Waals surface area contributed by atoms with Crippen molar-refractivity contribution in [3.05, 3.63) is 0 Å². The van der Waals surface area contributed by atoms with Gasteiger partial charge < -0.3 is 10.2 Å². The molecule has 1 fully saturated rings. The molecule has 0 aromatic rings. The van der Waals surface area contributed by atoms with Gasteiger partial charge in [-0.05, 0) is 32.1 Å². The van der Waals surface area contributed by atoms with Crippen molar-refractivity contribution in [1.29, 1.82) is 0 Å². The maximum Gasteiger partial charge on any atom is 0.309 e. The highest BCUT2D eigenvalue weighted by atomic mass is 16.4. The van der Waals surface area contributed by atoms with Crippen molar-refractivity contribution < 1.29 is 15.0 Å². The van der Waals surface area contributed by atoms with Crippen molar-refractivity contribution in [1.82, 2.24) is 0 Å². The summed E-state index contributed by atoms with van der Waals surface area (Å²) in [4.78, 5) is 11.3. The van der Waals surface area contributed by atoms with Crippen molar-refractivity contribution in [2.24, 2.45) is 5.41 Å². The summed E-state index contributed by atoms with van der Waals surface area (Å²) in [6.07, 6.45) is 5.20. The van der Waals surface area contributed by atoms with Gasteiger partial charge in [-0.2, -0.15) is 0 Å². The topological polar surface area (TPSA) is 57.5 Å². The second-order valence-corrected chi connectivity index (χ2v) is 4.90. The van der Waals surface area contributed by atoms with E-state index in [1.54, 1.807) is 0 Å². The molecule has 1 aliphatic carbocycles. The second-order valence-electron chi connectivity index (χ2n) is 4.90. The second kappa shape index (κ2) is 4.52. The Bertz CT molecular complexity index is 225. The van der Waals surface area contributed by atoms with Gasteiger partial charge in [-0.1, -0.05) is 26.7 Å². The van der Waals surface area contributed by atoms with Gasteiger partial charge in [0.25, 0.3) is 0 Å². The Morgan fingerprint density at radius 3 is 2.07 bits per heavy atom. The number of carboxylic acid groups (broad SMARTS) is 1. The lowest BCUT2D eigenvalue weighted by molar-refractivity contribution is -0.154. The molecule has 0 radical (unpaired) electrons. The molecular weight excluding hydrogens is 192 g/mol. The van der Waals surface area contributed by atoms with Crippen LogP contribution in [0.1, 0.15) is 58.8 Å². The van der Waals surface area contributed by atoms with E-state index in [9.17, 15) is 15.0 Å². The predicted molar refractivity (Wildman–Crippen MR) is 58.7 cm³/mol. The summed E-state index contributed by atoms with van der Waals surface area (Å²) in [5.41, 5.74) is -1.44. The van der Waals surface area contributed by atoms with E-state index in [2.05, 4.69) is 0 Å². The lowest BCUT2D eigenvalue weighted by atomic mass is 9.73. The van der Waals surface area contributed by atoms with Crippen LogP contribution in [0.5, 0.6) is 0 Å². The number of hydrogen-bond donors (Lipinski definition) is 2. The maximum absolute atomic E-state index is 11.3. The molecule has 0 aromatic carbocycles. The predicted octanol–water partition coefficient (Wildman–Crippen LogP) is 2.57. The summed E-state index contributed by atoms with van der Waals surface area (Å²) in [6, 6.07) is 0. The van der Waals surface area contributed by atoms with Crippen LogP contribution in [0.15, 0.2) is 0 Å². The quantitative estimate of drug-likeness (QED) is 0.739. The van der Waals surface area contributed by atoms with Gasteiger partial charge in [-0.3, -0.25) is 4.79 Å². The summed E-state index contributed by atoms with van der Waals surface area (Å²) in [5.74, 6) is -0.757. The van der Waals surface area contributed by atoms with Gasteiger partial charge in [0, 0.05) is 0 Å². The van der Waals surface area contributed by atoms with E-state index in [0.29, 0.717) is 19.3 Å². The Morgan fingerprint density at radius 1 is 1.27 bits per heavy atom. The molecule has 15 heavy (non-hydrogen) atoms. The minimum atomic E-state index is -0.757. The first kappa shape index (κ1) is 12.5. The summed E-state index contributed by atoms with van der Waals surface area (Å²) in [5, 5.41) is 19.6. The molecule has 0 saturated heterocycles. The van der Waals surface area contributed by atoms with Gasteiger partial charge in [0.2, 0.25) is 0 Å². The fraction of sp³-hybridized carbons (Fsp3) is 0.917. The van der Waals surface area contributed by atoms with Crippen molar-refractivity contribution in [3.63, 3.8) is 0 Å². The minimum absolute atomic E-state index is 0.419. The zero-order valence-electron chi connectivity index (χ0n) is 9.75. The first-order valence-corrected chi connectivity index (χ1v) is 5.94. The van der Waals surface area contributed by atoms with Crippen molar-refractivity contribution in [2.45, 2.75) is 64.4 Å². The third kappa shape index (κ3) is 2.51. The van der Waals surface area contributed by atoms with E-state index < -0.39 is 17.0 Å². The van der Waals surface area contributed by atoms with Gasteiger partial charge in [0.15, 0.2) is 0 Å². The third-order valence-electron chi connectivity index (χ3n) is 4.01. The fourth-order valence-electron chi connectivity index (χ4n) is 2.72. The van der Waals surface area contributed by atoms with Crippen LogP contribution in [0, 0.1) is 5.41 Å². The summed E-state index contributed by atoms with van der Waals surface area (Å²) in [7, 11) is 0. The molecule has 0 aromatic heterocycles. The van der Waals surface area contributed by atoms with Crippen molar-refractivity contribution in [3.8, 4) is 0 Å². The monoisotopic (exact) mass is 214 g/mol. The number of aliphatic hydroxyl groups is 1. The highest BCUT2D eigenvalue weighted by molar-refractivity contribution is 5.74. The summed E-state index contributed by atoms with van der Waals surface area (Å²) < 4.78 is 0. The zero-order chi connectivity index (χ0) is 11.5. The molecule has 88 valence electrons. The molecule has 0 atom stereocenters. The first-order valence-electron chi connectivity index (χ1n) is 5.94. The van der Waals surface area contributed by atoms with E-state index in [0.717, 1.165) is 25.7 Å². The molecule has 0 heterocycles. The average molecular weight is 214 g/mol. The molecule has 2 N–H and O–H groups in total. The van der Waals surface area contributed by atoms with E-state index in [1.165, 1.54) is 0 Å². The van der Waals surface area contributed by atoms with Crippen LogP contribution in [-0.2, 0) is 4.79 Å². The Balaban J connectivity index is 2.77. The van der Waals surface area contributed by atoms with Crippen molar-refractivity contribution in [2.75, 3.05) is 0 Å². The number of carbonyl (C=O) groups is 1. The molecule has 0 spiro atoms. The van der Waals surface area contributed by atoms with Crippen molar-refractivity contribution >= 4 is 5.97 Å². The standard InChI is InChI=1S/C12H22O3/c1-3-11(4-2,10(13)14)9-12(15)7-5-6-8-12/h15H,3-9H2,1-2H3,(H,13,14). The zero-order valence-corrected chi connectivity index (χ0v) is 9.75.